The first kappa shape index (κ1) is 17.3. The Balaban J connectivity index is 2.82. The molecule has 5 nitrogen and oxygen atoms in total. The van der Waals surface area contributed by atoms with Gasteiger partial charge in [0.15, 0.2) is 0 Å². The number of halogens is 3. The summed E-state index contributed by atoms with van der Waals surface area (Å²) in [7, 11) is 0. The molecule has 1 aromatic heterocycles. The standard InChI is InChI=1S/C13H20F3N3O2/c1-5-9(18-11(20)21-12(2,3)4)10-6-17-8-19(10)7-13(14,15)16/h6,8-9H,5,7H2,1-4H3,(H,18,20)/t9-/m1/s1. The highest BCUT2D eigenvalue weighted by Gasteiger charge is 2.30. The molecule has 0 unspecified atom stereocenters. The molecular weight excluding hydrogens is 287 g/mol. The minimum Gasteiger partial charge on any atom is -0.444 e. The summed E-state index contributed by atoms with van der Waals surface area (Å²) < 4.78 is 43.6. The number of ether oxygens (including phenoxy) is 1. The number of imidazole rings is 1. The van der Waals surface area contributed by atoms with Crippen molar-refractivity contribution in [3.63, 3.8) is 0 Å². The SMILES string of the molecule is CC[C@@H](NC(=O)OC(C)(C)C)c1cncn1CC(F)(F)F. The van der Waals surface area contributed by atoms with Crippen molar-refractivity contribution < 1.29 is 22.7 Å². The van der Waals surface area contributed by atoms with Crippen LogP contribution in [0.4, 0.5) is 18.0 Å². The largest absolute Gasteiger partial charge is 0.444 e. The van der Waals surface area contributed by atoms with Crippen molar-refractivity contribution in [3.05, 3.63) is 18.2 Å². The van der Waals surface area contributed by atoms with E-state index in [9.17, 15) is 18.0 Å². The quantitative estimate of drug-likeness (QED) is 0.927. The van der Waals surface area contributed by atoms with E-state index in [4.69, 9.17) is 4.74 Å². The number of alkyl carbamates (subject to hydrolysis) is 1. The molecule has 1 aromatic rings. The second kappa shape index (κ2) is 6.36. The zero-order valence-corrected chi connectivity index (χ0v) is 12.5. The van der Waals surface area contributed by atoms with E-state index < -0.39 is 30.5 Å². The summed E-state index contributed by atoms with van der Waals surface area (Å²) in [6.45, 7) is 5.74. The monoisotopic (exact) mass is 307 g/mol. The average Bonchev–Trinajstić information content (AvgIpc) is 2.68. The van der Waals surface area contributed by atoms with Gasteiger partial charge in [-0.05, 0) is 27.2 Å². The number of nitrogens with one attached hydrogen (secondary N) is 1. The molecule has 1 N–H and O–H groups in total. The van der Waals surface area contributed by atoms with Crippen molar-refractivity contribution in [1.82, 2.24) is 14.9 Å². The summed E-state index contributed by atoms with van der Waals surface area (Å²) in [5, 5.41) is 2.56. The molecule has 0 aliphatic carbocycles. The van der Waals surface area contributed by atoms with Gasteiger partial charge in [0.2, 0.25) is 0 Å². The van der Waals surface area contributed by atoms with Crippen LogP contribution in [0, 0.1) is 0 Å². The van der Waals surface area contributed by atoms with E-state index in [0.717, 1.165) is 10.9 Å². The van der Waals surface area contributed by atoms with Crippen LogP contribution in [0.1, 0.15) is 45.9 Å². The van der Waals surface area contributed by atoms with Gasteiger partial charge in [-0.3, -0.25) is 0 Å². The maximum atomic E-state index is 12.5. The molecule has 0 saturated heterocycles. The molecule has 21 heavy (non-hydrogen) atoms. The minimum atomic E-state index is -4.35. The zero-order valence-electron chi connectivity index (χ0n) is 12.5. The molecule has 0 fully saturated rings. The van der Waals surface area contributed by atoms with E-state index in [0.29, 0.717) is 12.1 Å². The van der Waals surface area contributed by atoms with Crippen molar-refractivity contribution in [3.8, 4) is 0 Å². The summed E-state index contributed by atoms with van der Waals surface area (Å²) in [6, 6.07) is -0.593. The van der Waals surface area contributed by atoms with Crippen molar-refractivity contribution in [2.45, 2.75) is 58.5 Å². The van der Waals surface area contributed by atoms with Crippen molar-refractivity contribution >= 4 is 6.09 Å². The molecule has 120 valence electrons. The lowest BCUT2D eigenvalue weighted by molar-refractivity contribution is -0.141. The molecule has 0 aliphatic heterocycles. The smallest absolute Gasteiger partial charge is 0.408 e. The summed E-state index contributed by atoms with van der Waals surface area (Å²) >= 11 is 0. The lowest BCUT2D eigenvalue weighted by Gasteiger charge is -2.23. The minimum absolute atomic E-state index is 0.292. The molecule has 0 spiro atoms. The fourth-order valence-electron chi connectivity index (χ4n) is 1.78. The van der Waals surface area contributed by atoms with Gasteiger partial charge in [0.1, 0.15) is 12.1 Å². The van der Waals surface area contributed by atoms with Gasteiger partial charge in [0, 0.05) is 0 Å². The van der Waals surface area contributed by atoms with Crippen LogP contribution in [0.25, 0.3) is 0 Å². The number of amides is 1. The van der Waals surface area contributed by atoms with E-state index in [1.54, 1.807) is 27.7 Å². The molecule has 1 amide bonds. The Kier molecular flexibility index (Phi) is 5.25. The maximum Gasteiger partial charge on any atom is 0.408 e. The molecule has 0 bridgehead atoms. The fraction of sp³-hybridized carbons (Fsp3) is 0.692. The highest BCUT2D eigenvalue weighted by molar-refractivity contribution is 5.68. The first-order chi connectivity index (χ1) is 9.52. The third kappa shape index (κ3) is 6.05. The molecule has 8 heteroatoms. The van der Waals surface area contributed by atoms with Gasteiger partial charge in [0.05, 0.1) is 24.3 Å². The van der Waals surface area contributed by atoms with Gasteiger partial charge < -0.3 is 14.6 Å². The molecule has 0 saturated carbocycles. The Morgan fingerprint density at radius 1 is 1.43 bits per heavy atom. The summed E-state index contributed by atoms with van der Waals surface area (Å²) in [4.78, 5) is 15.5. The second-order valence-corrected chi connectivity index (χ2v) is 5.67. The van der Waals surface area contributed by atoms with Crippen molar-refractivity contribution in [2.75, 3.05) is 0 Å². The van der Waals surface area contributed by atoms with Crippen molar-refractivity contribution in [1.29, 1.82) is 0 Å². The van der Waals surface area contributed by atoms with Gasteiger partial charge in [0.25, 0.3) is 0 Å². The van der Waals surface area contributed by atoms with E-state index in [-0.39, 0.29) is 0 Å². The number of hydrogen-bond donors (Lipinski definition) is 1. The molecule has 1 heterocycles. The van der Waals surface area contributed by atoms with Gasteiger partial charge in [-0.15, -0.1) is 0 Å². The van der Waals surface area contributed by atoms with Crippen LogP contribution in [0.15, 0.2) is 12.5 Å². The van der Waals surface area contributed by atoms with Gasteiger partial charge in [-0.25, -0.2) is 9.78 Å². The zero-order chi connectivity index (χ0) is 16.3. The Morgan fingerprint density at radius 3 is 2.52 bits per heavy atom. The van der Waals surface area contributed by atoms with Gasteiger partial charge in [-0.2, -0.15) is 13.2 Å². The van der Waals surface area contributed by atoms with Crippen LogP contribution in [0.2, 0.25) is 0 Å². The second-order valence-electron chi connectivity index (χ2n) is 5.67. The summed E-state index contributed by atoms with van der Waals surface area (Å²) in [6.07, 6.45) is -2.18. The van der Waals surface area contributed by atoms with Crippen LogP contribution in [0.5, 0.6) is 0 Å². The lowest BCUT2D eigenvalue weighted by atomic mass is 10.1. The number of carbonyl (C=O) groups excluding carboxylic acids is 1. The van der Waals surface area contributed by atoms with Gasteiger partial charge >= 0.3 is 12.3 Å². The number of rotatable bonds is 4. The van der Waals surface area contributed by atoms with Crippen molar-refractivity contribution in [2.24, 2.45) is 0 Å². The van der Waals surface area contributed by atoms with Gasteiger partial charge in [-0.1, -0.05) is 6.92 Å². The lowest BCUT2D eigenvalue weighted by Crippen LogP contribution is -2.35. The van der Waals surface area contributed by atoms with Crippen LogP contribution in [-0.2, 0) is 11.3 Å². The predicted molar refractivity (Wildman–Crippen MR) is 70.7 cm³/mol. The van der Waals surface area contributed by atoms with E-state index in [1.165, 1.54) is 6.20 Å². The highest BCUT2D eigenvalue weighted by atomic mass is 19.4. The molecular formula is C13H20F3N3O2. The number of aromatic nitrogens is 2. The Hall–Kier alpha value is -1.73. The van der Waals surface area contributed by atoms with Crippen LogP contribution >= 0.6 is 0 Å². The average molecular weight is 307 g/mol. The Morgan fingerprint density at radius 2 is 2.05 bits per heavy atom. The van der Waals surface area contributed by atoms with E-state index in [1.807, 2.05) is 0 Å². The number of nitrogens with zero attached hydrogens (tertiary/aromatic N) is 2. The number of alkyl halides is 3. The fourth-order valence-corrected chi connectivity index (χ4v) is 1.78. The topological polar surface area (TPSA) is 56.1 Å². The van der Waals surface area contributed by atoms with E-state index in [2.05, 4.69) is 10.3 Å². The molecule has 0 aromatic carbocycles. The Bertz CT molecular complexity index is 478. The first-order valence-electron chi connectivity index (χ1n) is 6.58. The van der Waals surface area contributed by atoms with E-state index >= 15 is 0 Å². The summed E-state index contributed by atoms with van der Waals surface area (Å²) in [5.41, 5.74) is -0.380. The van der Waals surface area contributed by atoms with Crippen LogP contribution in [0.3, 0.4) is 0 Å². The molecule has 0 radical (unpaired) electrons. The normalized spacial score (nSPS) is 13.9. The molecule has 1 rings (SSSR count). The number of hydrogen-bond acceptors (Lipinski definition) is 3. The highest BCUT2D eigenvalue weighted by Crippen LogP contribution is 2.23. The molecule has 1 atom stereocenters. The first-order valence-corrected chi connectivity index (χ1v) is 6.58. The van der Waals surface area contributed by atoms with Crippen LogP contribution < -0.4 is 5.32 Å². The molecule has 0 aliphatic rings. The third-order valence-electron chi connectivity index (χ3n) is 2.55. The maximum absolute atomic E-state index is 12.5. The Labute approximate surface area is 121 Å². The third-order valence-corrected chi connectivity index (χ3v) is 2.55. The number of carbonyl (C=O) groups is 1. The predicted octanol–water partition coefficient (Wildman–Crippen LogP) is 3.42. The summed E-state index contributed by atoms with van der Waals surface area (Å²) in [5.74, 6) is 0. The van der Waals surface area contributed by atoms with Crippen LogP contribution in [-0.4, -0.2) is 27.4 Å².